The van der Waals surface area contributed by atoms with E-state index in [0.717, 1.165) is 0 Å². The predicted octanol–water partition coefficient (Wildman–Crippen LogP) is 4.79. The zero-order chi connectivity index (χ0) is 24.0. The van der Waals surface area contributed by atoms with Crippen LogP contribution in [0.4, 0.5) is 11.5 Å². The number of nitro groups is 1. The molecule has 3 aromatic rings. The minimum Gasteiger partial charge on any atom is -0.493 e. The van der Waals surface area contributed by atoms with E-state index in [1.54, 1.807) is 37.3 Å². The Bertz CT molecular complexity index is 1280. The Kier molecular flexibility index (Phi) is 7.42. The first kappa shape index (κ1) is 23.5. The number of carbonyl (C=O) groups excluding carboxylic acids is 1. The molecule has 0 aliphatic carbocycles. The summed E-state index contributed by atoms with van der Waals surface area (Å²) in [6, 6.07) is 12.8. The fourth-order valence-electron chi connectivity index (χ4n) is 2.85. The molecule has 0 saturated carbocycles. The van der Waals surface area contributed by atoms with Crippen LogP contribution in [0, 0.1) is 28.4 Å². The lowest BCUT2D eigenvalue weighted by molar-refractivity contribution is -0.385. The summed E-state index contributed by atoms with van der Waals surface area (Å²) in [6.45, 7) is 1.61. The maximum absolute atomic E-state index is 12.4. The number of nitrogens with one attached hydrogen (secondary N) is 1. The van der Waals surface area contributed by atoms with E-state index < -0.39 is 10.8 Å². The minimum absolute atomic E-state index is 0.0564. The monoisotopic (exact) mass is 512 g/mol. The number of carbonyl (C=O) groups is 1. The van der Waals surface area contributed by atoms with Crippen LogP contribution in [-0.4, -0.2) is 23.1 Å². The molecule has 0 unspecified atom stereocenters. The maximum Gasteiger partial charge on any atom is 0.276 e. The van der Waals surface area contributed by atoms with Crippen LogP contribution in [0.15, 0.2) is 57.0 Å². The first-order chi connectivity index (χ1) is 15.8. The van der Waals surface area contributed by atoms with Gasteiger partial charge in [0.15, 0.2) is 17.3 Å². The Morgan fingerprint density at radius 1 is 1.36 bits per heavy atom. The predicted molar refractivity (Wildman–Crippen MR) is 122 cm³/mol. The number of methoxy groups -OCH3 is 1. The van der Waals surface area contributed by atoms with Crippen molar-refractivity contribution in [1.82, 2.24) is 5.16 Å². The van der Waals surface area contributed by atoms with E-state index in [-0.39, 0.29) is 23.7 Å². The van der Waals surface area contributed by atoms with E-state index in [2.05, 4.69) is 26.4 Å². The van der Waals surface area contributed by atoms with Crippen molar-refractivity contribution < 1.29 is 23.7 Å². The molecule has 10 nitrogen and oxygen atoms in total. The van der Waals surface area contributed by atoms with Crippen LogP contribution in [0.1, 0.15) is 16.9 Å². The number of amides is 1. The molecule has 1 heterocycles. The number of nitrogens with zero attached hydrogens (tertiary/aromatic N) is 3. The number of nitriles is 1. The molecule has 11 heteroatoms. The van der Waals surface area contributed by atoms with Gasteiger partial charge in [0, 0.05) is 12.1 Å². The summed E-state index contributed by atoms with van der Waals surface area (Å²) in [5.41, 5.74) is 0.657. The van der Waals surface area contributed by atoms with Gasteiger partial charge in [-0.15, -0.1) is 0 Å². The number of nitro benzene ring substituents is 1. The fraction of sp³-hybridized carbons (Fsp3) is 0.136. The van der Waals surface area contributed by atoms with E-state index in [1.165, 1.54) is 25.3 Å². The van der Waals surface area contributed by atoms with Crippen molar-refractivity contribution in [1.29, 1.82) is 5.26 Å². The molecular weight excluding hydrogens is 496 g/mol. The van der Waals surface area contributed by atoms with Gasteiger partial charge in [0.25, 0.3) is 11.6 Å². The number of aromatic nitrogens is 1. The molecular formula is C22H17BrN4O6. The van der Waals surface area contributed by atoms with Gasteiger partial charge in [-0.1, -0.05) is 17.3 Å². The lowest BCUT2D eigenvalue weighted by Crippen LogP contribution is -2.13. The number of ether oxygens (including phenoxy) is 2. The zero-order valence-electron chi connectivity index (χ0n) is 17.5. The Labute approximate surface area is 196 Å². The molecule has 33 heavy (non-hydrogen) atoms. The Hall–Kier alpha value is -4.17. The average Bonchev–Trinajstić information content (AvgIpc) is 3.20. The van der Waals surface area contributed by atoms with Gasteiger partial charge >= 0.3 is 0 Å². The van der Waals surface area contributed by atoms with Crippen molar-refractivity contribution >= 4 is 39.4 Å². The third kappa shape index (κ3) is 5.75. The third-order valence-electron chi connectivity index (χ3n) is 4.36. The van der Waals surface area contributed by atoms with Gasteiger partial charge in [0.05, 0.1) is 22.1 Å². The SMILES string of the molecule is COc1cc(/C=C(/C#N)C(=O)Nc2cc(C)on2)cc(Br)c1OCc1ccccc1[N+](=O)[O-]. The summed E-state index contributed by atoms with van der Waals surface area (Å²) in [6.07, 6.45) is 1.38. The molecule has 168 valence electrons. The van der Waals surface area contributed by atoms with E-state index >= 15 is 0 Å². The molecule has 1 N–H and O–H groups in total. The molecule has 0 fully saturated rings. The molecule has 2 aromatic carbocycles. The third-order valence-corrected chi connectivity index (χ3v) is 4.95. The molecule has 1 amide bonds. The van der Waals surface area contributed by atoms with Gasteiger partial charge in [0.1, 0.15) is 24.0 Å². The molecule has 0 aliphatic heterocycles. The molecule has 3 rings (SSSR count). The first-order valence-electron chi connectivity index (χ1n) is 9.41. The maximum atomic E-state index is 12.4. The molecule has 0 radical (unpaired) electrons. The number of para-hydroxylation sites is 1. The number of aryl methyl sites for hydroxylation is 1. The second-order valence-corrected chi connectivity index (χ2v) is 7.51. The zero-order valence-corrected chi connectivity index (χ0v) is 19.1. The van der Waals surface area contributed by atoms with E-state index in [4.69, 9.17) is 14.0 Å². The first-order valence-corrected chi connectivity index (χ1v) is 10.2. The minimum atomic E-state index is -0.655. The Balaban J connectivity index is 1.84. The molecule has 0 bridgehead atoms. The number of rotatable bonds is 8. The smallest absolute Gasteiger partial charge is 0.276 e. The van der Waals surface area contributed by atoms with Crippen molar-refractivity contribution in [3.63, 3.8) is 0 Å². The average molecular weight is 513 g/mol. The van der Waals surface area contributed by atoms with Crippen LogP contribution >= 0.6 is 15.9 Å². The number of benzene rings is 2. The Morgan fingerprint density at radius 2 is 2.12 bits per heavy atom. The number of hydrogen-bond acceptors (Lipinski definition) is 8. The van der Waals surface area contributed by atoms with Gasteiger partial charge in [-0.25, -0.2) is 0 Å². The quantitative estimate of drug-likeness (QED) is 0.196. The number of hydrogen-bond donors (Lipinski definition) is 1. The second-order valence-electron chi connectivity index (χ2n) is 6.66. The van der Waals surface area contributed by atoms with Crippen molar-refractivity contribution in [2.45, 2.75) is 13.5 Å². The largest absolute Gasteiger partial charge is 0.493 e. The summed E-state index contributed by atoms with van der Waals surface area (Å²) < 4.78 is 16.5. The number of halogens is 1. The van der Waals surface area contributed by atoms with Crippen LogP contribution in [0.25, 0.3) is 6.08 Å². The summed E-state index contributed by atoms with van der Waals surface area (Å²) in [5.74, 6) is 0.666. The molecule has 0 saturated heterocycles. The van der Waals surface area contributed by atoms with Gasteiger partial charge < -0.3 is 19.3 Å². The van der Waals surface area contributed by atoms with Crippen molar-refractivity contribution in [3.05, 3.63) is 79.5 Å². The van der Waals surface area contributed by atoms with Gasteiger partial charge in [0.2, 0.25) is 0 Å². The normalized spacial score (nSPS) is 10.9. The highest BCUT2D eigenvalue weighted by atomic mass is 79.9. The lowest BCUT2D eigenvalue weighted by Gasteiger charge is -2.14. The number of anilines is 1. The van der Waals surface area contributed by atoms with E-state index in [9.17, 15) is 20.2 Å². The lowest BCUT2D eigenvalue weighted by atomic mass is 10.1. The summed E-state index contributed by atoms with van der Waals surface area (Å²) in [7, 11) is 1.43. The highest BCUT2D eigenvalue weighted by molar-refractivity contribution is 9.10. The highest BCUT2D eigenvalue weighted by Gasteiger charge is 2.17. The van der Waals surface area contributed by atoms with Gasteiger partial charge in [-0.3, -0.25) is 14.9 Å². The van der Waals surface area contributed by atoms with Crippen molar-refractivity contribution in [2.75, 3.05) is 12.4 Å². The summed E-state index contributed by atoms with van der Waals surface area (Å²) in [4.78, 5) is 23.1. The molecule has 0 atom stereocenters. The highest BCUT2D eigenvalue weighted by Crippen LogP contribution is 2.38. The van der Waals surface area contributed by atoms with Gasteiger partial charge in [-0.05, 0) is 52.7 Å². The van der Waals surface area contributed by atoms with Crippen LogP contribution in [0.2, 0.25) is 0 Å². The molecule has 1 aromatic heterocycles. The van der Waals surface area contributed by atoms with Crippen molar-refractivity contribution in [2.24, 2.45) is 0 Å². The van der Waals surface area contributed by atoms with Gasteiger partial charge in [-0.2, -0.15) is 5.26 Å². The van der Waals surface area contributed by atoms with Crippen LogP contribution in [0.5, 0.6) is 11.5 Å². The van der Waals surface area contributed by atoms with Crippen LogP contribution in [0.3, 0.4) is 0 Å². The standard InChI is InChI=1S/C22H17BrN4O6/c1-13-7-20(26-33-13)25-22(28)16(11-24)8-14-9-17(23)21(19(10-14)31-2)32-12-15-5-3-4-6-18(15)27(29)30/h3-10H,12H2,1-2H3,(H,25,26,28)/b16-8-. The second kappa shape index (κ2) is 10.4. The van der Waals surface area contributed by atoms with Crippen LogP contribution in [-0.2, 0) is 11.4 Å². The summed E-state index contributed by atoms with van der Waals surface area (Å²) in [5, 5.41) is 26.8. The Morgan fingerprint density at radius 3 is 2.76 bits per heavy atom. The van der Waals surface area contributed by atoms with E-state index in [1.807, 2.05) is 6.07 Å². The molecule has 0 aliphatic rings. The van der Waals surface area contributed by atoms with E-state index in [0.29, 0.717) is 32.9 Å². The fourth-order valence-corrected chi connectivity index (χ4v) is 3.42. The molecule has 0 spiro atoms. The van der Waals surface area contributed by atoms with Crippen LogP contribution < -0.4 is 14.8 Å². The van der Waals surface area contributed by atoms with Crippen molar-refractivity contribution in [3.8, 4) is 17.6 Å². The summed E-state index contributed by atoms with van der Waals surface area (Å²) >= 11 is 3.39. The topological polar surface area (TPSA) is 141 Å².